The third-order valence-corrected chi connectivity index (χ3v) is 5.07. The third-order valence-electron chi connectivity index (χ3n) is 5.07. The van der Waals surface area contributed by atoms with Gasteiger partial charge in [-0.15, -0.1) is 10.2 Å². The van der Waals surface area contributed by atoms with Crippen molar-refractivity contribution in [1.82, 2.24) is 10.2 Å². The number of carbonyl (C=O) groups is 1. The summed E-state index contributed by atoms with van der Waals surface area (Å²) in [4.78, 5) is 11.8. The lowest BCUT2D eigenvalue weighted by atomic mass is 9.89. The van der Waals surface area contributed by atoms with E-state index in [4.69, 9.17) is 14.9 Å². The minimum Gasteiger partial charge on any atom is -0.494 e. The average molecular weight is 417 g/mol. The summed E-state index contributed by atoms with van der Waals surface area (Å²) in [6.07, 6.45) is 0. The second-order valence-electron chi connectivity index (χ2n) is 7.13. The molecule has 0 atom stereocenters. The first kappa shape index (κ1) is 20.3. The number of amides is 1. The Hall–Kier alpha value is -4.00. The Labute approximate surface area is 178 Å². The minimum atomic E-state index is -0.561. The van der Waals surface area contributed by atoms with Crippen LogP contribution < -0.4 is 10.5 Å². The van der Waals surface area contributed by atoms with Crippen molar-refractivity contribution in [1.29, 1.82) is 0 Å². The van der Waals surface area contributed by atoms with E-state index in [9.17, 15) is 9.18 Å². The van der Waals surface area contributed by atoms with Crippen LogP contribution in [0, 0.1) is 19.7 Å². The zero-order valence-electron chi connectivity index (χ0n) is 17.3. The molecule has 0 saturated heterocycles. The summed E-state index contributed by atoms with van der Waals surface area (Å²) in [5, 5.41) is 7.98. The highest BCUT2D eigenvalue weighted by Crippen LogP contribution is 2.37. The number of nitrogens with two attached hydrogens (primary N) is 1. The van der Waals surface area contributed by atoms with Gasteiger partial charge in [0.2, 0.25) is 17.7 Å². The van der Waals surface area contributed by atoms with Crippen LogP contribution in [0.1, 0.15) is 21.8 Å². The molecular weight excluding hydrogens is 397 g/mol. The van der Waals surface area contributed by atoms with Crippen molar-refractivity contribution >= 4 is 5.91 Å². The van der Waals surface area contributed by atoms with Crippen molar-refractivity contribution in [2.75, 3.05) is 7.11 Å². The van der Waals surface area contributed by atoms with Gasteiger partial charge in [0.25, 0.3) is 0 Å². The van der Waals surface area contributed by atoms with Crippen LogP contribution in [0.5, 0.6) is 5.75 Å². The highest BCUT2D eigenvalue weighted by molar-refractivity contribution is 5.97. The van der Waals surface area contributed by atoms with Gasteiger partial charge >= 0.3 is 0 Å². The molecule has 156 valence electrons. The predicted molar refractivity (Wildman–Crippen MR) is 115 cm³/mol. The molecule has 1 amide bonds. The van der Waals surface area contributed by atoms with E-state index < -0.39 is 11.7 Å². The maximum absolute atomic E-state index is 14.5. The van der Waals surface area contributed by atoms with Crippen LogP contribution in [0.2, 0.25) is 0 Å². The fourth-order valence-electron chi connectivity index (χ4n) is 3.46. The average Bonchev–Trinajstić information content (AvgIpc) is 3.20. The van der Waals surface area contributed by atoms with Gasteiger partial charge in [-0.1, -0.05) is 18.2 Å². The Morgan fingerprint density at radius 1 is 0.935 bits per heavy atom. The first-order valence-electron chi connectivity index (χ1n) is 9.56. The van der Waals surface area contributed by atoms with E-state index >= 15 is 0 Å². The second kappa shape index (κ2) is 8.02. The molecule has 4 rings (SSSR count). The van der Waals surface area contributed by atoms with Gasteiger partial charge in [-0.05, 0) is 71.1 Å². The highest BCUT2D eigenvalue weighted by atomic mass is 19.1. The van der Waals surface area contributed by atoms with E-state index in [-0.39, 0.29) is 5.75 Å². The molecule has 0 spiro atoms. The van der Waals surface area contributed by atoms with Crippen LogP contribution in [0.15, 0.2) is 59.0 Å². The van der Waals surface area contributed by atoms with Gasteiger partial charge in [0.1, 0.15) is 0 Å². The molecule has 0 aliphatic carbocycles. The van der Waals surface area contributed by atoms with Gasteiger partial charge in [0, 0.05) is 18.1 Å². The van der Waals surface area contributed by atoms with Crippen molar-refractivity contribution in [2.45, 2.75) is 13.8 Å². The lowest BCUT2D eigenvalue weighted by Crippen LogP contribution is -2.11. The molecule has 0 radical (unpaired) electrons. The van der Waals surface area contributed by atoms with Crippen LogP contribution >= 0.6 is 0 Å². The zero-order chi connectivity index (χ0) is 22.1. The van der Waals surface area contributed by atoms with Crippen LogP contribution in [-0.4, -0.2) is 23.2 Å². The molecule has 1 heterocycles. The number of halogens is 1. The lowest BCUT2D eigenvalue weighted by Gasteiger charge is -2.15. The van der Waals surface area contributed by atoms with E-state index in [1.807, 2.05) is 31.2 Å². The van der Waals surface area contributed by atoms with E-state index in [0.29, 0.717) is 28.5 Å². The predicted octanol–water partition coefficient (Wildman–Crippen LogP) is 4.93. The van der Waals surface area contributed by atoms with Crippen molar-refractivity contribution < 1.29 is 18.3 Å². The molecule has 6 nitrogen and oxygen atoms in total. The smallest absolute Gasteiger partial charge is 0.248 e. The number of ether oxygens (including phenoxy) is 1. The summed E-state index contributed by atoms with van der Waals surface area (Å²) in [7, 11) is 1.41. The molecule has 4 aromatic rings. The molecule has 31 heavy (non-hydrogen) atoms. The first-order chi connectivity index (χ1) is 14.9. The highest BCUT2D eigenvalue weighted by Gasteiger charge is 2.16. The first-order valence-corrected chi connectivity index (χ1v) is 9.56. The van der Waals surface area contributed by atoms with Crippen molar-refractivity contribution in [3.63, 3.8) is 0 Å². The molecule has 0 aliphatic heterocycles. The Kier molecular flexibility index (Phi) is 5.25. The number of aryl methyl sites for hydroxylation is 2. The third kappa shape index (κ3) is 3.90. The van der Waals surface area contributed by atoms with E-state index in [2.05, 4.69) is 10.2 Å². The summed E-state index contributed by atoms with van der Waals surface area (Å²) in [5.41, 5.74) is 10.5. The molecule has 0 unspecified atom stereocenters. The fraction of sp³-hybridized carbons (Fsp3) is 0.125. The Morgan fingerprint density at radius 3 is 2.35 bits per heavy atom. The van der Waals surface area contributed by atoms with Crippen molar-refractivity contribution in [3.8, 4) is 39.5 Å². The largest absolute Gasteiger partial charge is 0.494 e. The molecule has 3 aromatic carbocycles. The van der Waals surface area contributed by atoms with Gasteiger partial charge in [0.15, 0.2) is 11.6 Å². The summed E-state index contributed by atoms with van der Waals surface area (Å²) in [5.74, 6) is -0.0426. The number of nitrogens with zero attached hydrogens (tertiary/aromatic N) is 2. The Bertz CT molecular complexity index is 1300. The molecule has 0 bridgehead atoms. The van der Waals surface area contributed by atoms with E-state index in [0.717, 1.165) is 22.3 Å². The summed E-state index contributed by atoms with van der Waals surface area (Å²) in [6, 6.07) is 15.6. The maximum Gasteiger partial charge on any atom is 0.248 e. The number of hydrogen-bond donors (Lipinski definition) is 1. The SMILES string of the molecule is COc1ccc(-c2cc(C(N)=O)ccc2-c2cc(-c3nnc(C)o3)ccc2C)cc1F. The Morgan fingerprint density at radius 2 is 1.71 bits per heavy atom. The Balaban J connectivity index is 1.93. The number of rotatable bonds is 5. The van der Waals surface area contributed by atoms with Crippen molar-refractivity contribution in [2.24, 2.45) is 5.73 Å². The lowest BCUT2D eigenvalue weighted by molar-refractivity contribution is 0.100. The quantitative estimate of drug-likeness (QED) is 0.497. The monoisotopic (exact) mass is 417 g/mol. The summed E-state index contributed by atoms with van der Waals surface area (Å²) in [6.45, 7) is 3.70. The molecule has 0 fully saturated rings. The molecule has 0 aliphatic rings. The van der Waals surface area contributed by atoms with E-state index in [1.54, 1.807) is 31.2 Å². The number of aromatic nitrogens is 2. The minimum absolute atomic E-state index is 0.140. The van der Waals surface area contributed by atoms with Crippen LogP contribution in [-0.2, 0) is 0 Å². The van der Waals surface area contributed by atoms with Gasteiger partial charge in [-0.25, -0.2) is 4.39 Å². The van der Waals surface area contributed by atoms with Crippen LogP contribution in [0.4, 0.5) is 4.39 Å². The van der Waals surface area contributed by atoms with Gasteiger partial charge in [-0.3, -0.25) is 4.79 Å². The van der Waals surface area contributed by atoms with Crippen LogP contribution in [0.3, 0.4) is 0 Å². The topological polar surface area (TPSA) is 91.2 Å². The van der Waals surface area contributed by atoms with Gasteiger partial charge in [-0.2, -0.15) is 0 Å². The molecule has 7 heteroatoms. The van der Waals surface area contributed by atoms with Crippen molar-refractivity contribution in [3.05, 3.63) is 77.4 Å². The number of methoxy groups -OCH3 is 1. The van der Waals surface area contributed by atoms with Gasteiger partial charge < -0.3 is 14.9 Å². The normalized spacial score (nSPS) is 10.8. The van der Waals surface area contributed by atoms with Crippen LogP contribution in [0.25, 0.3) is 33.7 Å². The number of benzene rings is 3. The molecule has 0 saturated carbocycles. The number of primary amides is 1. The summed E-state index contributed by atoms with van der Waals surface area (Å²) >= 11 is 0. The molecule has 1 aromatic heterocycles. The molecular formula is C24H20FN3O3. The fourth-order valence-corrected chi connectivity index (χ4v) is 3.46. The number of carbonyl (C=O) groups excluding carboxylic acids is 1. The van der Waals surface area contributed by atoms with E-state index in [1.165, 1.54) is 13.2 Å². The maximum atomic E-state index is 14.5. The molecule has 2 N–H and O–H groups in total. The standard InChI is InChI=1S/C24H20FN3O3/c1-13-4-5-17(24-28-27-14(2)31-24)11-19(13)18-8-6-16(23(26)29)10-20(18)15-7-9-22(30-3)21(25)12-15/h4-12H,1-3H3,(H2,26,29). The summed E-state index contributed by atoms with van der Waals surface area (Å²) < 4.78 is 25.0. The number of hydrogen-bond acceptors (Lipinski definition) is 5. The van der Waals surface area contributed by atoms with Gasteiger partial charge in [0.05, 0.1) is 7.11 Å². The second-order valence-corrected chi connectivity index (χ2v) is 7.13. The zero-order valence-corrected chi connectivity index (χ0v) is 17.3.